The van der Waals surface area contributed by atoms with Crippen LogP contribution in [-0.4, -0.2) is 5.25 Å². The van der Waals surface area contributed by atoms with E-state index in [4.69, 9.17) is 4.74 Å². The van der Waals surface area contributed by atoms with Crippen LogP contribution in [0.25, 0.3) is 0 Å². The average Bonchev–Trinajstić information content (AvgIpc) is 2.67. The van der Waals surface area contributed by atoms with Gasteiger partial charge in [0.25, 0.3) is 6.43 Å². The summed E-state index contributed by atoms with van der Waals surface area (Å²) in [7, 11) is 0. The van der Waals surface area contributed by atoms with Crippen molar-refractivity contribution in [1.29, 1.82) is 0 Å². The van der Waals surface area contributed by atoms with E-state index in [0.29, 0.717) is 6.07 Å². The molecule has 24 heavy (non-hydrogen) atoms. The average molecular weight is 368 g/mol. The van der Waals surface area contributed by atoms with Gasteiger partial charge in [-0.1, -0.05) is 6.07 Å². The van der Waals surface area contributed by atoms with Crippen molar-refractivity contribution in [3.8, 4) is 11.5 Å². The molecule has 0 bridgehead atoms. The van der Waals surface area contributed by atoms with Gasteiger partial charge in [-0.3, -0.25) is 0 Å². The first-order chi connectivity index (χ1) is 11.2. The van der Waals surface area contributed by atoms with Crippen LogP contribution in [0.4, 0.5) is 30.7 Å². The van der Waals surface area contributed by atoms with Crippen LogP contribution in [0.1, 0.15) is 23.7 Å². The highest BCUT2D eigenvalue weighted by atomic mass is 32.2. The topological polar surface area (TPSA) is 9.23 Å². The lowest BCUT2D eigenvalue weighted by atomic mass is 10.1. The number of hydrogen-bond donors (Lipinski definition) is 0. The second-order valence-corrected chi connectivity index (χ2v) is 6.09. The maximum atomic E-state index is 13.6. The van der Waals surface area contributed by atoms with Crippen LogP contribution in [0.3, 0.4) is 0 Å². The molecule has 0 saturated carbocycles. The fourth-order valence-electron chi connectivity index (χ4n) is 2.29. The molecule has 1 aliphatic rings. The molecule has 0 saturated heterocycles. The zero-order chi connectivity index (χ0) is 17.6. The summed E-state index contributed by atoms with van der Waals surface area (Å²) in [5.41, 5.74) is -1.51. The Labute approximate surface area is 135 Å². The Hall–Kier alpha value is -1.90. The smallest absolute Gasteiger partial charge is 0.333 e. The zero-order valence-electron chi connectivity index (χ0n) is 11.5. The Balaban J connectivity index is 2.07. The van der Waals surface area contributed by atoms with Gasteiger partial charge in [0.05, 0.1) is 5.56 Å². The predicted octanol–water partition coefficient (Wildman–Crippen LogP) is 6.40. The molecule has 0 aromatic heterocycles. The monoisotopic (exact) mass is 368 g/mol. The van der Waals surface area contributed by atoms with Gasteiger partial charge in [-0.05, 0) is 17.8 Å². The number of benzene rings is 2. The largest absolute Gasteiger partial charge is 0.457 e. The van der Waals surface area contributed by atoms with Crippen LogP contribution in [0.2, 0.25) is 0 Å². The van der Waals surface area contributed by atoms with E-state index >= 15 is 0 Å². The quantitative estimate of drug-likeness (QED) is 0.580. The maximum absolute atomic E-state index is 13.6. The minimum absolute atomic E-state index is 0.329. The molecule has 9 heteroatoms. The van der Waals surface area contributed by atoms with Crippen molar-refractivity contribution in [2.24, 2.45) is 0 Å². The minimum Gasteiger partial charge on any atom is -0.457 e. The Kier molecular flexibility index (Phi) is 4.15. The fourth-order valence-corrected chi connectivity index (χ4v) is 3.38. The Morgan fingerprint density at radius 3 is 2.25 bits per heavy atom. The first kappa shape index (κ1) is 16.9. The van der Waals surface area contributed by atoms with Gasteiger partial charge in [0.15, 0.2) is 6.17 Å². The van der Waals surface area contributed by atoms with Gasteiger partial charge in [-0.15, -0.1) is 0 Å². The van der Waals surface area contributed by atoms with Crippen molar-refractivity contribution < 1.29 is 35.5 Å². The molecule has 3 rings (SSSR count). The van der Waals surface area contributed by atoms with Gasteiger partial charge in [-0.25, -0.2) is 22.0 Å². The molecule has 0 amide bonds. The number of halogens is 7. The second kappa shape index (κ2) is 5.87. The van der Waals surface area contributed by atoms with Gasteiger partial charge in [0.1, 0.15) is 23.1 Å². The molecule has 0 radical (unpaired) electrons. The molecular weight excluding hydrogens is 361 g/mol. The molecule has 2 aromatic carbocycles. The van der Waals surface area contributed by atoms with Crippen LogP contribution in [0.5, 0.6) is 11.5 Å². The SMILES string of the molecule is Fc1cc(F)cc(Oc2ccc3c(c2C(F)F)SC(F)(F)C3F)c1. The molecule has 0 N–H and O–H groups in total. The molecular formula is C15H7F7OS. The van der Waals surface area contributed by atoms with Gasteiger partial charge in [0.2, 0.25) is 0 Å². The molecule has 128 valence electrons. The first-order valence-electron chi connectivity index (χ1n) is 6.49. The van der Waals surface area contributed by atoms with E-state index in [1.807, 2.05) is 0 Å². The number of fused-ring (bicyclic) bond motifs is 1. The number of thioether (sulfide) groups is 1. The van der Waals surface area contributed by atoms with Crippen LogP contribution >= 0.6 is 11.8 Å². The highest BCUT2D eigenvalue weighted by Gasteiger charge is 2.51. The summed E-state index contributed by atoms with van der Waals surface area (Å²) in [6, 6.07) is 3.80. The lowest BCUT2D eigenvalue weighted by molar-refractivity contribution is 0.0187. The highest BCUT2D eigenvalue weighted by Crippen LogP contribution is 2.59. The summed E-state index contributed by atoms with van der Waals surface area (Å²) in [5.74, 6) is -3.02. The molecule has 1 heterocycles. The van der Waals surface area contributed by atoms with E-state index in [-0.39, 0.29) is 11.8 Å². The van der Waals surface area contributed by atoms with Crippen LogP contribution in [-0.2, 0) is 0 Å². The molecule has 1 atom stereocenters. The Morgan fingerprint density at radius 1 is 1.04 bits per heavy atom. The van der Waals surface area contributed by atoms with Gasteiger partial charge in [-0.2, -0.15) is 8.78 Å². The van der Waals surface area contributed by atoms with Crippen molar-refractivity contribution in [3.63, 3.8) is 0 Å². The van der Waals surface area contributed by atoms with E-state index < -0.39 is 57.0 Å². The van der Waals surface area contributed by atoms with E-state index in [9.17, 15) is 30.7 Å². The minimum atomic E-state index is -3.88. The summed E-state index contributed by atoms with van der Waals surface area (Å²) < 4.78 is 98.5. The fraction of sp³-hybridized carbons (Fsp3) is 0.200. The van der Waals surface area contributed by atoms with Crippen LogP contribution in [0, 0.1) is 11.6 Å². The van der Waals surface area contributed by atoms with E-state index in [1.54, 1.807) is 0 Å². The summed E-state index contributed by atoms with van der Waals surface area (Å²) in [6.45, 7) is 0. The van der Waals surface area contributed by atoms with Crippen LogP contribution in [0.15, 0.2) is 35.2 Å². The maximum Gasteiger partial charge on any atom is 0.333 e. The Morgan fingerprint density at radius 2 is 1.67 bits per heavy atom. The first-order valence-corrected chi connectivity index (χ1v) is 7.30. The lowest BCUT2D eigenvalue weighted by Gasteiger charge is -2.14. The normalized spacial score (nSPS) is 18.8. The molecule has 1 unspecified atom stereocenters. The number of rotatable bonds is 3. The van der Waals surface area contributed by atoms with Crippen molar-refractivity contribution >= 4 is 11.8 Å². The molecule has 1 aliphatic heterocycles. The summed E-state index contributed by atoms with van der Waals surface area (Å²) >= 11 is -0.329. The van der Waals surface area contributed by atoms with Gasteiger partial charge >= 0.3 is 5.25 Å². The highest BCUT2D eigenvalue weighted by molar-refractivity contribution is 8.00. The third kappa shape index (κ3) is 2.92. The summed E-state index contributed by atoms with van der Waals surface area (Å²) in [4.78, 5) is -0.628. The third-order valence-electron chi connectivity index (χ3n) is 3.27. The molecule has 0 aliphatic carbocycles. The molecule has 2 aromatic rings. The zero-order valence-corrected chi connectivity index (χ0v) is 12.3. The van der Waals surface area contributed by atoms with E-state index in [1.165, 1.54) is 0 Å². The van der Waals surface area contributed by atoms with E-state index in [0.717, 1.165) is 24.3 Å². The second-order valence-electron chi connectivity index (χ2n) is 4.93. The van der Waals surface area contributed by atoms with Gasteiger partial charge < -0.3 is 4.74 Å². The predicted molar refractivity (Wildman–Crippen MR) is 72.5 cm³/mol. The number of alkyl halides is 5. The summed E-state index contributed by atoms with van der Waals surface area (Å²) in [5, 5.41) is -3.88. The number of hydrogen-bond acceptors (Lipinski definition) is 2. The Bertz CT molecular complexity index is 773. The molecule has 0 fully saturated rings. The third-order valence-corrected chi connectivity index (χ3v) is 4.41. The standard InChI is InChI=1S/C15H7F7OS/c16-6-3-7(17)5-8(4-6)23-10-2-1-9-12(11(10)14(19)20)24-15(21,22)13(9)18/h1-5,13-14H. The van der Waals surface area contributed by atoms with E-state index in [2.05, 4.69) is 0 Å². The number of ether oxygens (including phenoxy) is 1. The molecule has 0 spiro atoms. The van der Waals surface area contributed by atoms with Crippen molar-refractivity contribution in [3.05, 3.63) is 53.1 Å². The van der Waals surface area contributed by atoms with Crippen molar-refractivity contribution in [2.75, 3.05) is 0 Å². The van der Waals surface area contributed by atoms with Gasteiger partial charge in [0, 0.05) is 28.7 Å². The summed E-state index contributed by atoms with van der Waals surface area (Å²) in [6.07, 6.45) is -5.97. The van der Waals surface area contributed by atoms with Crippen molar-refractivity contribution in [2.45, 2.75) is 22.7 Å². The molecule has 1 nitrogen and oxygen atoms in total. The van der Waals surface area contributed by atoms with Crippen LogP contribution < -0.4 is 4.74 Å². The van der Waals surface area contributed by atoms with Crippen molar-refractivity contribution in [1.82, 2.24) is 0 Å². The lowest BCUT2D eigenvalue weighted by Crippen LogP contribution is -2.11.